The third-order valence-corrected chi connectivity index (χ3v) is 2.72. The van der Waals surface area contributed by atoms with E-state index in [1.807, 2.05) is 6.08 Å². The molecular formula is C13H24O2. The van der Waals surface area contributed by atoms with Crippen molar-refractivity contribution in [2.45, 2.75) is 58.8 Å². The van der Waals surface area contributed by atoms with E-state index in [1.54, 1.807) is 6.08 Å². The highest BCUT2D eigenvalue weighted by molar-refractivity contribution is 5.68. The van der Waals surface area contributed by atoms with Gasteiger partial charge in [0.05, 0.1) is 6.42 Å². The summed E-state index contributed by atoms with van der Waals surface area (Å²) < 4.78 is 0. The molecule has 1 atom stereocenters. The second-order valence-electron chi connectivity index (χ2n) is 4.22. The van der Waals surface area contributed by atoms with Crippen LogP contribution < -0.4 is 0 Å². The van der Waals surface area contributed by atoms with E-state index in [2.05, 4.69) is 13.8 Å². The molecule has 0 aromatic heterocycles. The Morgan fingerprint density at radius 1 is 1.27 bits per heavy atom. The van der Waals surface area contributed by atoms with Crippen LogP contribution in [-0.4, -0.2) is 11.1 Å². The smallest absolute Gasteiger partial charge is 0.307 e. The number of unbranched alkanes of at least 4 members (excludes halogenated alkanes) is 3. The lowest BCUT2D eigenvalue weighted by Gasteiger charge is -2.06. The number of carboxylic acid groups (broad SMARTS) is 1. The van der Waals surface area contributed by atoms with Gasteiger partial charge in [-0.15, -0.1) is 0 Å². The van der Waals surface area contributed by atoms with Gasteiger partial charge in [-0.05, 0) is 18.8 Å². The molecule has 0 aliphatic carbocycles. The van der Waals surface area contributed by atoms with Gasteiger partial charge in [0.1, 0.15) is 0 Å². The monoisotopic (exact) mass is 212 g/mol. The van der Waals surface area contributed by atoms with Gasteiger partial charge in [0.2, 0.25) is 0 Å². The van der Waals surface area contributed by atoms with Gasteiger partial charge in [0.25, 0.3) is 0 Å². The van der Waals surface area contributed by atoms with Crippen molar-refractivity contribution in [2.75, 3.05) is 0 Å². The van der Waals surface area contributed by atoms with Gasteiger partial charge < -0.3 is 5.11 Å². The lowest BCUT2D eigenvalue weighted by molar-refractivity contribution is -0.136. The maximum atomic E-state index is 10.2. The first-order valence-corrected chi connectivity index (χ1v) is 6.03. The molecule has 0 saturated heterocycles. The van der Waals surface area contributed by atoms with Crippen LogP contribution in [0.4, 0.5) is 0 Å². The number of hydrogen-bond donors (Lipinski definition) is 1. The Morgan fingerprint density at radius 3 is 2.60 bits per heavy atom. The van der Waals surface area contributed by atoms with E-state index in [1.165, 1.54) is 32.1 Å². The zero-order valence-electron chi connectivity index (χ0n) is 10.0. The zero-order valence-corrected chi connectivity index (χ0v) is 10.0. The molecule has 0 amide bonds. The van der Waals surface area contributed by atoms with Gasteiger partial charge in [-0.3, -0.25) is 4.79 Å². The first-order valence-electron chi connectivity index (χ1n) is 6.03. The average Bonchev–Trinajstić information content (AvgIpc) is 2.21. The number of carboxylic acids is 1. The van der Waals surface area contributed by atoms with Crippen LogP contribution >= 0.6 is 0 Å². The lowest BCUT2D eigenvalue weighted by atomic mass is 10.0. The van der Waals surface area contributed by atoms with Crippen molar-refractivity contribution in [2.24, 2.45) is 5.92 Å². The molecular weight excluding hydrogens is 188 g/mol. The number of allylic oxidation sites excluding steroid dienone is 1. The van der Waals surface area contributed by atoms with Crippen LogP contribution in [0.1, 0.15) is 58.8 Å². The summed E-state index contributed by atoms with van der Waals surface area (Å²) in [5, 5.41) is 8.39. The van der Waals surface area contributed by atoms with E-state index in [4.69, 9.17) is 5.11 Å². The number of carbonyl (C=O) groups is 1. The summed E-state index contributed by atoms with van der Waals surface area (Å²) in [6.07, 6.45) is 11.3. The number of hydrogen-bond acceptors (Lipinski definition) is 1. The van der Waals surface area contributed by atoms with Crippen molar-refractivity contribution in [1.82, 2.24) is 0 Å². The first kappa shape index (κ1) is 14.2. The minimum atomic E-state index is -0.747. The van der Waals surface area contributed by atoms with Gasteiger partial charge in [0, 0.05) is 0 Å². The topological polar surface area (TPSA) is 37.3 Å². The van der Waals surface area contributed by atoms with Crippen LogP contribution in [-0.2, 0) is 4.79 Å². The molecule has 88 valence electrons. The highest BCUT2D eigenvalue weighted by Crippen LogP contribution is 2.13. The summed E-state index contributed by atoms with van der Waals surface area (Å²) in [4.78, 5) is 10.2. The van der Waals surface area contributed by atoms with E-state index in [0.717, 1.165) is 12.3 Å². The Balaban J connectivity index is 3.18. The number of aliphatic carboxylic acids is 1. The zero-order chi connectivity index (χ0) is 11.5. The molecule has 1 N–H and O–H groups in total. The van der Waals surface area contributed by atoms with Crippen LogP contribution in [0.25, 0.3) is 0 Å². The van der Waals surface area contributed by atoms with Crippen molar-refractivity contribution < 1.29 is 9.90 Å². The first-order chi connectivity index (χ1) is 7.16. The lowest BCUT2D eigenvalue weighted by Crippen LogP contribution is -1.91. The molecule has 0 aromatic rings. The van der Waals surface area contributed by atoms with Crippen LogP contribution in [0.15, 0.2) is 12.2 Å². The largest absolute Gasteiger partial charge is 0.481 e. The summed E-state index contributed by atoms with van der Waals surface area (Å²) in [6, 6.07) is 0. The quantitative estimate of drug-likeness (QED) is 0.463. The van der Waals surface area contributed by atoms with Crippen LogP contribution in [0, 0.1) is 5.92 Å². The van der Waals surface area contributed by atoms with Crippen molar-refractivity contribution >= 4 is 5.97 Å². The van der Waals surface area contributed by atoms with Gasteiger partial charge in [-0.25, -0.2) is 0 Å². The molecule has 0 heterocycles. The van der Waals surface area contributed by atoms with Crippen LogP contribution in [0.2, 0.25) is 0 Å². The second kappa shape index (κ2) is 9.75. The van der Waals surface area contributed by atoms with E-state index < -0.39 is 5.97 Å². The molecule has 2 nitrogen and oxygen atoms in total. The molecule has 0 fully saturated rings. The highest BCUT2D eigenvalue weighted by Gasteiger charge is 1.97. The van der Waals surface area contributed by atoms with Gasteiger partial charge in [0.15, 0.2) is 0 Å². The van der Waals surface area contributed by atoms with E-state index in [-0.39, 0.29) is 6.42 Å². The highest BCUT2D eigenvalue weighted by atomic mass is 16.4. The third kappa shape index (κ3) is 11.1. The maximum Gasteiger partial charge on any atom is 0.307 e. The number of rotatable bonds is 9. The second-order valence-corrected chi connectivity index (χ2v) is 4.22. The summed E-state index contributed by atoms with van der Waals surface area (Å²) in [7, 11) is 0. The van der Waals surface area contributed by atoms with E-state index >= 15 is 0 Å². The average molecular weight is 212 g/mol. The molecule has 15 heavy (non-hydrogen) atoms. The molecule has 0 spiro atoms. The minimum absolute atomic E-state index is 0.160. The van der Waals surface area contributed by atoms with Crippen LogP contribution in [0.3, 0.4) is 0 Å². The molecule has 0 radical (unpaired) electrons. The molecule has 0 aliphatic heterocycles. The molecule has 0 aliphatic rings. The molecule has 0 saturated carbocycles. The van der Waals surface area contributed by atoms with Gasteiger partial charge in [-0.1, -0.05) is 51.7 Å². The summed E-state index contributed by atoms with van der Waals surface area (Å²) >= 11 is 0. The Morgan fingerprint density at radius 2 is 2.00 bits per heavy atom. The van der Waals surface area contributed by atoms with E-state index in [9.17, 15) is 4.79 Å². The molecule has 0 bridgehead atoms. The minimum Gasteiger partial charge on any atom is -0.481 e. The van der Waals surface area contributed by atoms with Crippen molar-refractivity contribution in [3.8, 4) is 0 Å². The van der Waals surface area contributed by atoms with Crippen molar-refractivity contribution in [3.63, 3.8) is 0 Å². The Hall–Kier alpha value is -0.790. The summed E-state index contributed by atoms with van der Waals surface area (Å²) in [5.41, 5.74) is 0. The predicted octanol–water partition coefficient (Wildman–Crippen LogP) is 4.01. The maximum absolute atomic E-state index is 10.2. The Bertz CT molecular complexity index is 185. The Kier molecular flexibility index (Phi) is 9.24. The Labute approximate surface area is 93.4 Å². The summed E-state index contributed by atoms with van der Waals surface area (Å²) in [5.74, 6) is 0.107. The fraction of sp³-hybridized carbons (Fsp3) is 0.769. The van der Waals surface area contributed by atoms with Gasteiger partial charge >= 0.3 is 5.97 Å². The standard InChI is InChI=1S/C13H24O2/c1-3-12(2)10-8-6-4-5-7-9-11-13(14)15/h7,9,12H,3-6,8,10-11H2,1-2H3,(H,14,15)/b9-7+. The molecule has 0 aromatic carbocycles. The van der Waals surface area contributed by atoms with Gasteiger partial charge in [-0.2, -0.15) is 0 Å². The third-order valence-electron chi connectivity index (χ3n) is 2.72. The molecule has 2 heteroatoms. The van der Waals surface area contributed by atoms with E-state index in [0.29, 0.717) is 0 Å². The van der Waals surface area contributed by atoms with Crippen molar-refractivity contribution in [1.29, 1.82) is 0 Å². The fourth-order valence-corrected chi connectivity index (χ4v) is 1.44. The predicted molar refractivity (Wildman–Crippen MR) is 63.9 cm³/mol. The SMILES string of the molecule is CCC(C)CCCCC/C=C/CC(=O)O. The van der Waals surface area contributed by atoms with Crippen molar-refractivity contribution in [3.05, 3.63) is 12.2 Å². The molecule has 1 unspecified atom stereocenters. The normalized spacial score (nSPS) is 13.2. The molecule has 0 rings (SSSR count). The fourth-order valence-electron chi connectivity index (χ4n) is 1.44. The summed E-state index contributed by atoms with van der Waals surface area (Å²) in [6.45, 7) is 4.53. The van der Waals surface area contributed by atoms with Crippen LogP contribution in [0.5, 0.6) is 0 Å².